The summed E-state index contributed by atoms with van der Waals surface area (Å²) < 4.78 is 2.38. The molecule has 1 unspecified atom stereocenters. The van der Waals surface area contributed by atoms with Crippen molar-refractivity contribution in [3.63, 3.8) is 0 Å². The van der Waals surface area contributed by atoms with E-state index in [4.69, 9.17) is 0 Å². The number of hydrogen-bond donors (Lipinski definition) is 1. The third-order valence-electron chi connectivity index (χ3n) is 3.19. The monoisotopic (exact) mass is 193 g/mol. The summed E-state index contributed by atoms with van der Waals surface area (Å²) in [5.74, 6) is 2.01. The average Bonchev–Trinajstić information content (AvgIpc) is 2.57. The molecule has 0 aromatic carbocycles. The second-order valence-corrected chi connectivity index (χ2v) is 4.20. The van der Waals surface area contributed by atoms with Crippen LogP contribution in [0.25, 0.3) is 0 Å². The second-order valence-electron chi connectivity index (χ2n) is 4.20. The van der Waals surface area contributed by atoms with E-state index in [2.05, 4.69) is 21.8 Å². The minimum Gasteiger partial charge on any atom is -0.332 e. The van der Waals surface area contributed by atoms with Crippen LogP contribution in [-0.4, -0.2) is 23.1 Å². The molecule has 0 saturated heterocycles. The van der Waals surface area contributed by atoms with Gasteiger partial charge in [0.25, 0.3) is 0 Å². The van der Waals surface area contributed by atoms with Crippen LogP contribution in [0.15, 0.2) is 6.20 Å². The van der Waals surface area contributed by atoms with Gasteiger partial charge in [0.2, 0.25) is 0 Å². The van der Waals surface area contributed by atoms with Crippen LogP contribution in [0.3, 0.4) is 0 Å². The highest BCUT2D eigenvalue weighted by atomic mass is 15.1. The molecule has 0 saturated carbocycles. The molecular weight excluding hydrogens is 174 g/mol. The molecule has 3 nitrogen and oxygen atoms in total. The van der Waals surface area contributed by atoms with Crippen LogP contribution in [0.2, 0.25) is 0 Å². The number of aryl methyl sites for hydroxylation is 2. The van der Waals surface area contributed by atoms with Gasteiger partial charge in [0.1, 0.15) is 5.82 Å². The Hall–Kier alpha value is -0.830. The lowest BCUT2D eigenvalue weighted by Gasteiger charge is -2.24. The summed E-state index contributed by atoms with van der Waals surface area (Å²) in [6.07, 6.45) is 5.85. The van der Waals surface area contributed by atoms with Gasteiger partial charge in [-0.15, -0.1) is 0 Å². The van der Waals surface area contributed by atoms with E-state index in [1.54, 1.807) is 0 Å². The van der Waals surface area contributed by atoms with E-state index < -0.39 is 0 Å². The summed E-state index contributed by atoms with van der Waals surface area (Å²) in [6, 6.07) is 0. The molecule has 14 heavy (non-hydrogen) atoms. The van der Waals surface area contributed by atoms with E-state index in [0.717, 1.165) is 12.5 Å². The van der Waals surface area contributed by atoms with Crippen LogP contribution in [0, 0.1) is 12.8 Å². The Balaban J connectivity index is 2.01. The van der Waals surface area contributed by atoms with E-state index in [9.17, 15) is 0 Å². The Morgan fingerprint density at radius 2 is 2.50 bits per heavy atom. The molecule has 2 rings (SSSR count). The maximum Gasteiger partial charge on any atom is 0.105 e. The van der Waals surface area contributed by atoms with Crippen molar-refractivity contribution in [2.75, 3.05) is 13.6 Å². The fourth-order valence-electron chi connectivity index (χ4n) is 2.25. The predicted molar refractivity (Wildman–Crippen MR) is 57.3 cm³/mol. The third-order valence-corrected chi connectivity index (χ3v) is 3.19. The molecule has 1 aromatic heterocycles. The van der Waals surface area contributed by atoms with Gasteiger partial charge in [-0.2, -0.15) is 0 Å². The zero-order chi connectivity index (χ0) is 9.97. The molecule has 3 heteroatoms. The number of nitrogens with one attached hydrogen (secondary N) is 1. The molecular formula is C11H19N3. The van der Waals surface area contributed by atoms with Gasteiger partial charge < -0.3 is 9.88 Å². The van der Waals surface area contributed by atoms with Gasteiger partial charge in [0.05, 0.1) is 0 Å². The Bertz CT molecular complexity index is 303. The van der Waals surface area contributed by atoms with Crippen LogP contribution in [0.4, 0.5) is 0 Å². The van der Waals surface area contributed by atoms with E-state index in [1.807, 2.05) is 13.2 Å². The van der Waals surface area contributed by atoms with Crippen molar-refractivity contribution in [2.24, 2.45) is 5.92 Å². The molecule has 78 valence electrons. The number of nitrogens with zero attached hydrogens (tertiary/aromatic N) is 2. The normalized spacial score (nSPS) is 20.9. The molecule has 2 heterocycles. The van der Waals surface area contributed by atoms with E-state index in [0.29, 0.717) is 0 Å². The molecule has 1 aromatic rings. The summed E-state index contributed by atoms with van der Waals surface area (Å²) in [5, 5.41) is 3.22. The highest BCUT2D eigenvalue weighted by Gasteiger charge is 2.19. The lowest BCUT2D eigenvalue weighted by molar-refractivity contribution is 0.342. The van der Waals surface area contributed by atoms with Crippen molar-refractivity contribution in [3.8, 4) is 0 Å². The SMILES string of the molecule is CNCCC1CCc2cnc(C)n2C1. The summed E-state index contributed by atoms with van der Waals surface area (Å²) in [4.78, 5) is 4.36. The lowest BCUT2D eigenvalue weighted by atomic mass is 9.95. The van der Waals surface area contributed by atoms with E-state index in [1.165, 1.54) is 37.3 Å². The van der Waals surface area contributed by atoms with Crippen molar-refractivity contribution < 1.29 is 0 Å². The van der Waals surface area contributed by atoms with Gasteiger partial charge in [-0.05, 0) is 45.7 Å². The molecule has 0 fully saturated rings. The molecule has 1 atom stereocenters. The van der Waals surface area contributed by atoms with E-state index >= 15 is 0 Å². The first kappa shape index (κ1) is 9.71. The standard InChI is InChI=1S/C11H19N3/c1-9-13-7-11-4-3-10(5-6-12-2)8-14(9)11/h7,10,12H,3-6,8H2,1-2H3. The molecule has 0 amide bonds. The quantitative estimate of drug-likeness (QED) is 0.785. The first-order valence-electron chi connectivity index (χ1n) is 5.47. The minimum atomic E-state index is 0.836. The maximum atomic E-state index is 4.36. The second kappa shape index (κ2) is 4.13. The third kappa shape index (κ3) is 1.82. The fraction of sp³-hybridized carbons (Fsp3) is 0.727. The van der Waals surface area contributed by atoms with Crippen molar-refractivity contribution >= 4 is 0 Å². The van der Waals surface area contributed by atoms with Gasteiger partial charge >= 0.3 is 0 Å². The minimum absolute atomic E-state index is 0.836. The number of hydrogen-bond acceptors (Lipinski definition) is 2. The largest absolute Gasteiger partial charge is 0.332 e. The molecule has 0 radical (unpaired) electrons. The predicted octanol–water partition coefficient (Wildman–Crippen LogP) is 1.36. The first-order valence-corrected chi connectivity index (χ1v) is 5.47. The summed E-state index contributed by atoms with van der Waals surface area (Å²) >= 11 is 0. The first-order chi connectivity index (χ1) is 6.81. The zero-order valence-electron chi connectivity index (χ0n) is 9.08. The van der Waals surface area contributed by atoms with Gasteiger partial charge in [-0.25, -0.2) is 4.98 Å². The smallest absolute Gasteiger partial charge is 0.105 e. The molecule has 1 aliphatic heterocycles. The number of rotatable bonds is 3. The Kier molecular flexibility index (Phi) is 2.87. The molecule has 1 aliphatic rings. The number of fused-ring (bicyclic) bond motifs is 1. The highest BCUT2D eigenvalue weighted by molar-refractivity contribution is 5.07. The Morgan fingerprint density at radius 3 is 3.29 bits per heavy atom. The molecule has 1 N–H and O–H groups in total. The lowest BCUT2D eigenvalue weighted by Crippen LogP contribution is -2.23. The Labute approximate surface area is 85.5 Å². The zero-order valence-corrected chi connectivity index (χ0v) is 9.08. The molecule has 0 aliphatic carbocycles. The van der Waals surface area contributed by atoms with E-state index in [-0.39, 0.29) is 0 Å². The molecule has 0 bridgehead atoms. The van der Waals surface area contributed by atoms with Gasteiger partial charge in [-0.3, -0.25) is 0 Å². The van der Waals surface area contributed by atoms with Gasteiger partial charge in [-0.1, -0.05) is 0 Å². The van der Waals surface area contributed by atoms with Crippen molar-refractivity contribution in [1.29, 1.82) is 0 Å². The summed E-state index contributed by atoms with van der Waals surface area (Å²) in [7, 11) is 2.02. The highest BCUT2D eigenvalue weighted by Crippen LogP contribution is 2.23. The fourth-order valence-corrected chi connectivity index (χ4v) is 2.25. The maximum absolute atomic E-state index is 4.36. The van der Waals surface area contributed by atoms with Crippen molar-refractivity contribution in [2.45, 2.75) is 32.7 Å². The van der Waals surface area contributed by atoms with Gasteiger partial charge in [0.15, 0.2) is 0 Å². The topological polar surface area (TPSA) is 29.9 Å². The van der Waals surface area contributed by atoms with Crippen LogP contribution in [-0.2, 0) is 13.0 Å². The van der Waals surface area contributed by atoms with Crippen LogP contribution < -0.4 is 5.32 Å². The summed E-state index contributed by atoms with van der Waals surface area (Å²) in [5.41, 5.74) is 1.42. The molecule has 0 spiro atoms. The van der Waals surface area contributed by atoms with Crippen LogP contribution in [0.5, 0.6) is 0 Å². The number of aromatic nitrogens is 2. The number of imidazole rings is 1. The van der Waals surface area contributed by atoms with Crippen molar-refractivity contribution in [1.82, 2.24) is 14.9 Å². The Morgan fingerprint density at radius 1 is 1.64 bits per heavy atom. The van der Waals surface area contributed by atoms with Crippen LogP contribution >= 0.6 is 0 Å². The average molecular weight is 193 g/mol. The van der Waals surface area contributed by atoms with Crippen LogP contribution in [0.1, 0.15) is 24.4 Å². The van der Waals surface area contributed by atoms with Gasteiger partial charge in [0, 0.05) is 18.4 Å². The summed E-state index contributed by atoms with van der Waals surface area (Å²) in [6.45, 7) is 4.40. The van der Waals surface area contributed by atoms with Crippen molar-refractivity contribution in [3.05, 3.63) is 17.7 Å².